The molecule has 26 heavy (non-hydrogen) atoms. The lowest BCUT2D eigenvalue weighted by atomic mass is 10.0. The average Bonchev–Trinajstić information content (AvgIpc) is 3.40. The Morgan fingerprint density at radius 1 is 1.08 bits per heavy atom. The number of nitrogens with zero attached hydrogens (tertiary/aromatic N) is 4. The van der Waals surface area contributed by atoms with Crippen LogP contribution in [0.1, 0.15) is 27.7 Å². The first kappa shape index (κ1) is 15.8. The van der Waals surface area contributed by atoms with Crippen LogP contribution in [0.2, 0.25) is 0 Å². The molecule has 1 saturated heterocycles. The second-order valence-corrected chi connectivity index (χ2v) is 7.84. The normalized spacial score (nSPS) is 22.5. The number of thiophene rings is 1. The van der Waals surface area contributed by atoms with Gasteiger partial charge in [-0.2, -0.15) is 11.3 Å². The van der Waals surface area contributed by atoms with E-state index >= 15 is 0 Å². The molecule has 2 unspecified atom stereocenters. The quantitative estimate of drug-likeness (QED) is 0.715. The first-order chi connectivity index (χ1) is 12.8. The monoisotopic (exact) mass is 364 g/mol. The summed E-state index contributed by atoms with van der Waals surface area (Å²) < 4.78 is 2.18. The first-order valence-corrected chi connectivity index (χ1v) is 9.84. The van der Waals surface area contributed by atoms with Crippen molar-refractivity contribution in [3.63, 3.8) is 0 Å². The lowest BCUT2D eigenvalue weighted by Crippen LogP contribution is -2.49. The van der Waals surface area contributed by atoms with E-state index in [2.05, 4.69) is 37.5 Å². The average molecular weight is 364 g/mol. The van der Waals surface area contributed by atoms with E-state index in [1.165, 1.54) is 5.56 Å². The Labute approximate surface area is 156 Å². The van der Waals surface area contributed by atoms with Crippen LogP contribution in [-0.2, 0) is 13.1 Å². The lowest BCUT2D eigenvalue weighted by Gasteiger charge is -2.38. The fourth-order valence-corrected chi connectivity index (χ4v) is 4.90. The Hall–Kier alpha value is -2.44. The molecule has 0 radical (unpaired) electrons. The Kier molecular flexibility index (Phi) is 3.87. The van der Waals surface area contributed by atoms with Gasteiger partial charge in [-0.15, -0.1) is 0 Å². The third-order valence-corrected chi connectivity index (χ3v) is 6.15. The van der Waals surface area contributed by atoms with Crippen LogP contribution < -0.4 is 0 Å². The number of pyridine rings is 1. The molecular weight excluding hydrogens is 344 g/mol. The molecule has 0 spiro atoms. The largest absolute Gasteiger partial charge is 0.337 e. The molecule has 1 fully saturated rings. The van der Waals surface area contributed by atoms with Crippen molar-refractivity contribution in [2.24, 2.45) is 0 Å². The molecule has 3 aromatic heterocycles. The highest BCUT2D eigenvalue weighted by Crippen LogP contribution is 2.35. The third kappa shape index (κ3) is 2.66. The van der Waals surface area contributed by atoms with Crippen LogP contribution in [-0.4, -0.2) is 44.4 Å². The summed E-state index contributed by atoms with van der Waals surface area (Å²) in [4.78, 5) is 21.8. The second-order valence-electron chi connectivity index (χ2n) is 7.06. The minimum Gasteiger partial charge on any atom is -0.337 e. The van der Waals surface area contributed by atoms with E-state index < -0.39 is 0 Å². The number of rotatable bonds is 4. The zero-order chi connectivity index (χ0) is 17.5. The molecule has 0 aromatic carbocycles. The highest BCUT2D eigenvalue weighted by atomic mass is 32.1. The van der Waals surface area contributed by atoms with Crippen LogP contribution in [0, 0.1) is 0 Å². The topological polar surface area (TPSA) is 41.4 Å². The molecule has 1 amide bonds. The van der Waals surface area contributed by atoms with Crippen molar-refractivity contribution < 1.29 is 4.79 Å². The molecule has 0 N–H and O–H groups in total. The molecule has 6 heteroatoms. The van der Waals surface area contributed by atoms with E-state index in [0.29, 0.717) is 12.6 Å². The highest BCUT2D eigenvalue weighted by molar-refractivity contribution is 7.07. The fourth-order valence-electron chi connectivity index (χ4n) is 4.24. The zero-order valence-corrected chi connectivity index (χ0v) is 15.2. The number of carbonyl (C=O) groups is 1. The van der Waals surface area contributed by atoms with Crippen molar-refractivity contribution >= 4 is 17.2 Å². The van der Waals surface area contributed by atoms with E-state index in [0.717, 1.165) is 30.9 Å². The van der Waals surface area contributed by atoms with Gasteiger partial charge in [0.1, 0.15) is 5.69 Å². The Morgan fingerprint density at radius 2 is 2.00 bits per heavy atom. The molecule has 2 atom stereocenters. The van der Waals surface area contributed by atoms with Crippen molar-refractivity contribution in [3.05, 3.63) is 76.5 Å². The van der Waals surface area contributed by atoms with Crippen LogP contribution in [0.3, 0.4) is 0 Å². The van der Waals surface area contributed by atoms with Gasteiger partial charge in [-0.05, 0) is 46.2 Å². The smallest absolute Gasteiger partial charge is 0.271 e. The van der Waals surface area contributed by atoms with Gasteiger partial charge in [0.05, 0.1) is 12.1 Å². The second kappa shape index (κ2) is 6.37. The summed E-state index contributed by atoms with van der Waals surface area (Å²) in [5, 5.41) is 4.34. The Morgan fingerprint density at radius 3 is 2.81 bits per heavy atom. The SMILES string of the molecule is O=C1c2cccn2C2CN(Cc3ccsc3)CC2N1Cc1cccnc1. The van der Waals surface area contributed by atoms with Crippen LogP contribution >= 0.6 is 11.3 Å². The molecular formula is C20H20N4OS. The van der Waals surface area contributed by atoms with Gasteiger partial charge in [0, 0.05) is 44.8 Å². The summed E-state index contributed by atoms with van der Waals surface area (Å²) in [5.74, 6) is 0.123. The molecule has 0 aliphatic carbocycles. The van der Waals surface area contributed by atoms with Crippen molar-refractivity contribution in [1.82, 2.24) is 19.4 Å². The van der Waals surface area contributed by atoms with Gasteiger partial charge in [0.2, 0.25) is 0 Å². The van der Waals surface area contributed by atoms with Gasteiger partial charge in [-0.1, -0.05) is 6.07 Å². The van der Waals surface area contributed by atoms with Crippen molar-refractivity contribution in [2.45, 2.75) is 25.2 Å². The number of likely N-dealkylation sites (tertiary alicyclic amines) is 1. The predicted octanol–water partition coefficient (Wildman–Crippen LogP) is 3.03. The van der Waals surface area contributed by atoms with Crippen molar-refractivity contribution in [3.8, 4) is 0 Å². The minimum absolute atomic E-state index is 0.123. The third-order valence-electron chi connectivity index (χ3n) is 5.41. The van der Waals surface area contributed by atoms with Crippen molar-refractivity contribution in [1.29, 1.82) is 0 Å². The molecule has 132 valence electrons. The van der Waals surface area contributed by atoms with E-state index in [-0.39, 0.29) is 11.9 Å². The maximum atomic E-state index is 13.1. The molecule has 5 nitrogen and oxygen atoms in total. The molecule has 2 aliphatic rings. The summed E-state index contributed by atoms with van der Waals surface area (Å²) in [5.41, 5.74) is 3.23. The van der Waals surface area contributed by atoms with Crippen LogP contribution in [0.15, 0.2) is 59.7 Å². The van der Waals surface area contributed by atoms with Crippen LogP contribution in [0.5, 0.6) is 0 Å². The number of hydrogen-bond donors (Lipinski definition) is 0. The van der Waals surface area contributed by atoms with E-state index in [9.17, 15) is 4.79 Å². The maximum Gasteiger partial charge on any atom is 0.271 e. The molecule has 3 aromatic rings. The standard InChI is InChI=1S/C20H20N4OS/c25-20-17-4-2-7-23(17)18-12-22(10-16-5-8-26-14-16)13-19(18)24(20)11-15-3-1-6-21-9-15/h1-9,14,18-19H,10-13H2. The van der Waals surface area contributed by atoms with Gasteiger partial charge in [-0.3, -0.25) is 14.7 Å². The molecule has 2 aliphatic heterocycles. The molecule has 5 rings (SSSR count). The number of amides is 1. The summed E-state index contributed by atoms with van der Waals surface area (Å²) >= 11 is 1.74. The fraction of sp³-hybridized carbons (Fsp3) is 0.300. The van der Waals surface area contributed by atoms with Gasteiger partial charge in [-0.25, -0.2) is 0 Å². The van der Waals surface area contributed by atoms with Gasteiger partial charge in [0.25, 0.3) is 5.91 Å². The summed E-state index contributed by atoms with van der Waals surface area (Å²) in [6, 6.07) is 10.6. The van der Waals surface area contributed by atoms with Crippen LogP contribution in [0.25, 0.3) is 0 Å². The van der Waals surface area contributed by atoms with E-state index in [1.807, 2.05) is 35.4 Å². The molecule has 0 bridgehead atoms. The predicted molar refractivity (Wildman–Crippen MR) is 101 cm³/mol. The summed E-state index contributed by atoms with van der Waals surface area (Å²) in [6.45, 7) is 3.44. The minimum atomic E-state index is 0.123. The van der Waals surface area contributed by atoms with Crippen molar-refractivity contribution in [2.75, 3.05) is 13.1 Å². The van der Waals surface area contributed by atoms with Crippen LogP contribution in [0.4, 0.5) is 0 Å². The summed E-state index contributed by atoms with van der Waals surface area (Å²) in [6.07, 6.45) is 5.68. The Bertz CT molecular complexity index is 905. The maximum absolute atomic E-state index is 13.1. The van der Waals surface area contributed by atoms with Gasteiger partial charge >= 0.3 is 0 Å². The number of aromatic nitrogens is 2. The zero-order valence-electron chi connectivity index (χ0n) is 14.4. The van der Waals surface area contributed by atoms with E-state index in [4.69, 9.17) is 0 Å². The number of carbonyl (C=O) groups excluding carboxylic acids is 1. The Balaban J connectivity index is 1.45. The van der Waals surface area contributed by atoms with Gasteiger partial charge < -0.3 is 9.47 Å². The molecule has 0 saturated carbocycles. The number of fused-ring (bicyclic) bond motifs is 3. The van der Waals surface area contributed by atoms with E-state index in [1.54, 1.807) is 17.5 Å². The highest BCUT2D eigenvalue weighted by Gasteiger charge is 2.44. The number of hydrogen-bond acceptors (Lipinski definition) is 4. The van der Waals surface area contributed by atoms with Gasteiger partial charge in [0.15, 0.2) is 0 Å². The first-order valence-electron chi connectivity index (χ1n) is 8.90. The lowest BCUT2D eigenvalue weighted by molar-refractivity contribution is 0.0556. The summed E-state index contributed by atoms with van der Waals surface area (Å²) in [7, 11) is 0. The molecule has 5 heterocycles.